The minimum Gasteiger partial charge on any atom is -0.457 e. The van der Waals surface area contributed by atoms with E-state index in [2.05, 4.69) is 0 Å². The summed E-state index contributed by atoms with van der Waals surface area (Å²) in [5, 5.41) is 18.1. The van der Waals surface area contributed by atoms with E-state index in [0.717, 1.165) is 28.2 Å². The third-order valence-electron chi connectivity index (χ3n) is 3.30. The van der Waals surface area contributed by atoms with E-state index >= 15 is 0 Å². The van der Waals surface area contributed by atoms with Crippen molar-refractivity contribution in [3.63, 3.8) is 0 Å². The molecule has 19 heavy (non-hydrogen) atoms. The van der Waals surface area contributed by atoms with Crippen molar-refractivity contribution in [2.45, 2.75) is 12.3 Å². The topological polar surface area (TPSA) is 56.8 Å². The molecule has 3 nitrogen and oxygen atoms in total. The Morgan fingerprint density at radius 3 is 2.47 bits per heavy atom. The van der Waals surface area contributed by atoms with Crippen LogP contribution >= 0.6 is 0 Å². The van der Waals surface area contributed by atoms with Gasteiger partial charge in [-0.3, -0.25) is 0 Å². The number of benzene rings is 2. The lowest BCUT2D eigenvalue weighted by molar-refractivity contribution is 0.459. The first-order valence-corrected chi connectivity index (χ1v) is 6.00. The quantitative estimate of drug-likeness (QED) is 0.660. The molecular weight excluding hydrogens is 236 g/mol. The fourth-order valence-corrected chi connectivity index (χ4v) is 2.36. The van der Waals surface area contributed by atoms with Crippen LogP contribution in [0, 0.1) is 22.7 Å². The third kappa shape index (κ3) is 1.82. The van der Waals surface area contributed by atoms with E-state index in [1.807, 2.05) is 54.6 Å². The van der Waals surface area contributed by atoms with E-state index < -0.39 is 5.92 Å². The molecule has 1 aliphatic heterocycles. The molecule has 0 N–H and O–H groups in total. The van der Waals surface area contributed by atoms with Crippen LogP contribution in [0.3, 0.4) is 0 Å². The molecule has 1 heterocycles. The molecule has 0 amide bonds. The van der Waals surface area contributed by atoms with Gasteiger partial charge in [-0.25, -0.2) is 0 Å². The van der Waals surface area contributed by atoms with E-state index in [1.165, 1.54) is 0 Å². The Hall–Kier alpha value is -2.78. The lowest BCUT2D eigenvalue weighted by Crippen LogP contribution is -2.07. The van der Waals surface area contributed by atoms with E-state index in [0.29, 0.717) is 6.42 Å². The zero-order valence-electron chi connectivity index (χ0n) is 10.1. The molecule has 3 heteroatoms. The molecule has 1 aliphatic rings. The van der Waals surface area contributed by atoms with Crippen molar-refractivity contribution in [2.75, 3.05) is 0 Å². The summed E-state index contributed by atoms with van der Waals surface area (Å²) in [4.78, 5) is 0. The Kier molecular flexibility index (Phi) is 2.67. The van der Waals surface area contributed by atoms with Gasteiger partial charge in [0.2, 0.25) is 0 Å². The normalized spacial score (nSPS) is 11.7. The van der Waals surface area contributed by atoms with Crippen molar-refractivity contribution in [3.05, 3.63) is 59.2 Å². The number of ether oxygens (including phenoxy) is 1. The molecule has 0 atom stereocenters. The van der Waals surface area contributed by atoms with Crippen LogP contribution in [0.25, 0.3) is 0 Å². The molecule has 0 fully saturated rings. The van der Waals surface area contributed by atoms with Gasteiger partial charge in [0.1, 0.15) is 11.5 Å². The highest BCUT2D eigenvalue weighted by Gasteiger charge is 2.22. The zero-order chi connectivity index (χ0) is 13.2. The van der Waals surface area contributed by atoms with Gasteiger partial charge in [0.25, 0.3) is 0 Å². The maximum atomic E-state index is 9.06. The van der Waals surface area contributed by atoms with E-state index in [9.17, 15) is 0 Å². The number of rotatable bonds is 1. The Balaban J connectivity index is 2.12. The molecule has 90 valence electrons. The first-order valence-electron chi connectivity index (χ1n) is 6.00. The lowest BCUT2D eigenvalue weighted by atomic mass is 9.90. The molecule has 3 rings (SSSR count). The van der Waals surface area contributed by atoms with Gasteiger partial charge in [-0.05, 0) is 23.3 Å². The zero-order valence-corrected chi connectivity index (χ0v) is 10.1. The average Bonchev–Trinajstić information content (AvgIpc) is 2.46. The standard InChI is InChI=1S/C16H10N2O/c17-9-12(10-18)13-5-3-7-16-14(13)8-11-4-1-2-6-15(11)19-16/h1-7,12H,8H2. The summed E-state index contributed by atoms with van der Waals surface area (Å²) in [6.45, 7) is 0. The van der Waals surface area contributed by atoms with Crippen molar-refractivity contribution in [1.82, 2.24) is 0 Å². The van der Waals surface area contributed by atoms with E-state index in [-0.39, 0.29) is 0 Å². The molecule has 0 radical (unpaired) electrons. The van der Waals surface area contributed by atoms with Crippen LogP contribution in [0.5, 0.6) is 11.5 Å². The number of fused-ring (bicyclic) bond motifs is 2. The van der Waals surface area contributed by atoms with Gasteiger partial charge in [-0.15, -0.1) is 0 Å². The van der Waals surface area contributed by atoms with Crippen LogP contribution in [0.1, 0.15) is 22.6 Å². The predicted octanol–water partition coefficient (Wildman–Crippen LogP) is 3.51. The van der Waals surface area contributed by atoms with Crippen LogP contribution in [0.4, 0.5) is 0 Å². The van der Waals surface area contributed by atoms with Crippen molar-refractivity contribution in [3.8, 4) is 23.6 Å². The minimum atomic E-state index is -0.746. The van der Waals surface area contributed by atoms with Gasteiger partial charge >= 0.3 is 0 Å². The first-order chi connectivity index (χ1) is 9.33. The van der Waals surface area contributed by atoms with Gasteiger partial charge < -0.3 is 4.74 Å². The molecule has 0 bridgehead atoms. The summed E-state index contributed by atoms with van der Waals surface area (Å²) in [5.74, 6) is 0.841. The van der Waals surface area contributed by atoms with Crippen molar-refractivity contribution in [2.24, 2.45) is 0 Å². The van der Waals surface area contributed by atoms with Crippen LogP contribution < -0.4 is 4.74 Å². The van der Waals surface area contributed by atoms with E-state index in [4.69, 9.17) is 15.3 Å². The molecular formula is C16H10N2O. The highest BCUT2D eigenvalue weighted by atomic mass is 16.5. The fourth-order valence-electron chi connectivity index (χ4n) is 2.36. The number of nitriles is 2. The fraction of sp³-hybridized carbons (Fsp3) is 0.125. The summed E-state index contributed by atoms with van der Waals surface area (Å²) in [5.41, 5.74) is 2.77. The number of hydrogen-bond donors (Lipinski definition) is 0. The molecule has 0 saturated heterocycles. The maximum absolute atomic E-state index is 9.06. The molecule has 2 aromatic carbocycles. The molecule has 0 spiro atoms. The number of hydrogen-bond acceptors (Lipinski definition) is 3. The van der Waals surface area contributed by atoms with Crippen LogP contribution in [-0.2, 0) is 6.42 Å². The summed E-state index contributed by atoms with van der Waals surface area (Å²) in [7, 11) is 0. The van der Waals surface area contributed by atoms with E-state index in [1.54, 1.807) is 0 Å². The SMILES string of the molecule is N#CC(C#N)c1cccc2c1Cc1ccccc1O2. The lowest BCUT2D eigenvalue weighted by Gasteiger charge is -2.22. The Labute approximate surface area is 111 Å². The van der Waals surface area contributed by atoms with Crippen molar-refractivity contribution < 1.29 is 4.74 Å². The van der Waals surface area contributed by atoms with Gasteiger partial charge in [0, 0.05) is 12.0 Å². The smallest absolute Gasteiger partial charge is 0.158 e. The van der Waals surface area contributed by atoms with Crippen molar-refractivity contribution >= 4 is 0 Å². The summed E-state index contributed by atoms with van der Waals surface area (Å²) < 4.78 is 5.84. The summed E-state index contributed by atoms with van der Waals surface area (Å²) >= 11 is 0. The number of para-hydroxylation sites is 1. The second-order valence-electron chi connectivity index (χ2n) is 4.40. The molecule has 0 unspecified atom stereocenters. The molecule has 0 aromatic heterocycles. The molecule has 0 saturated carbocycles. The Morgan fingerprint density at radius 2 is 1.68 bits per heavy atom. The van der Waals surface area contributed by atoms with Crippen LogP contribution in [0.15, 0.2) is 42.5 Å². The molecule has 2 aromatic rings. The highest BCUT2D eigenvalue weighted by molar-refractivity contribution is 5.55. The van der Waals surface area contributed by atoms with Gasteiger partial charge in [0.05, 0.1) is 12.1 Å². The highest BCUT2D eigenvalue weighted by Crippen LogP contribution is 2.39. The Bertz CT molecular complexity index is 708. The number of nitrogens with zero attached hydrogens (tertiary/aromatic N) is 2. The molecule has 0 aliphatic carbocycles. The Morgan fingerprint density at radius 1 is 0.947 bits per heavy atom. The van der Waals surface area contributed by atoms with Gasteiger partial charge in [0.15, 0.2) is 5.92 Å². The van der Waals surface area contributed by atoms with Gasteiger partial charge in [-0.2, -0.15) is 10.5 Å². The average molecular weight is 246 g/mol. The maximum Gasteiger partial charge on any atom is 0.158 e. The van der Waals surface area contributed by atoms with Gasteiger partial charge in [-0.1, -0.05) is 30.3 Å². The minimum absolute atomic E-state index is 0.696. The first kappa shape index (κ1) is 11.3. The van der Waals surface area contributed by atoms with Crippen LogP contribution in [-0.4, -0.2) is 0 Å². The third-order valence-corrected chi connectivity index (χ3v) is 3.30. The van der Waals surface area contributed by atoms with Crippen LogP contribution in [0.2, 0.25) is 0 Å². The summed E-state index contributed by atoms with van der Waals surface area (Å²) in [6, 6.07) is 17.4. The van der Waals surface area contributed by atoms with Crippen molar-refractivity contribution in [1.29, 1.82) is 10.5 Å². The second kappa shape index (κ2) is 4.48. The second-order valence-corrected chi connectivity index (χ2v) is 4.40. The predicted molar refractivity (Wildman–Crippen MR) is 69.7 cm³/mol. The summed E-state index contributed by atoms with van der Waals surface area (Å²) in [6.07, 6.45) is 0.696. The monoisotopic (exact) mass is 246 g/mol. The largest absolute Gasteiger partial charge is 0.457 e.